The van der Waals surface area contributed by atoms with Gasteiger partial charge in [0.15, 0.2) is 0 Å². The largest absolute Gasteiger partial charge is 0.416 e. The summed E-state index contributed by atoms with van der Waals surface area (Å²) >= 11 is 3.06. The van der Waals surface area contributed by atoms with E-state index < -0.39 is 11.7 Å². The number of hydrogen-bond donors (Lipinski definition) is 2. The Morgan fingerprint density at radius 2 is 1.93 bits per heavy atom. The van der Waals surface area contributed by atoms with E-state index in [0.29, 0.717) is 48.1 Å². The topological polar surface area (TPSA) is 83.0 Å². The number of halogens is 4. The second-order valence-electron chi connectivity index (χ2n) is 7.03. The summed E-state index contributed by atoms with van der Waals surface area (Å²) in [6.07, 6.45) is -3.35. The molecule has 11 heteroatoms. The van der Waals surface area contributed by atoms with E-state index in [1.54, 1.807) is 14.0 Å². The smallest absolute Gasteiger partial charge is 0.357 e. The number of hydrogen-bond acceptors (Lipinski definition) is 6. The van der Waals surface area contributed by atoms with Gasteiger partial charge in [-0.2, -0.15) is 28.1 Å². The van der Waals surface area contributed by atoms with Gasteiger partial charge >= 0.3 is 6.18 Å². The standard InChI is InChI=1S/C19H22BrF3N6O/c1-11-26-17(24-2)28-18(27-11)29-7-5-12(6-8-29)16(30)25-10-13-3-4-14(20)9-15(13)19(21,22)23/h3-4,9,12H,5-8,10H2,1-2H3,(H,25,30)(H,24,26,27,28). The van der Waals surface area contributed by atoms with Gasteiger partial charge in [0, 0.05) is 37.1 Å². The molecule has 0 unspecified atom stereocenters. The van der Waals surface area contributed by atoms with Crippen LogP contribution in [-0.4, -0.2) is 41.0 Å². The summed E-state index contributed by atoms with van der Waals surface area (Å²) in [6, 6.07) is 3.93. The van der Waals surface area contributed by atoms with E-state index in [4.69, 9.17) is 0 Å². The molecule has 1 aliphatic rings. The van der Waals surface area contributed by atoms with E-state index in [1.165, 1.54) is 12.1 Å². The van der Waals surface area contributed by atoms with Gasteiger partial charge < -0.3 is 15.5 Å². The first-order chi connectivity index (χ1) is 14.2. The molecule has 2 aromatic rings. The molecule has 2 N–H and O–H groups in total. The Morgan fingerprint density at radius 1 is 1.23 bits per heavy atom. The van der Waals surface area contributed by atoms with Crippen LogP contribution < -0.4 is 15.5 Å². The van der Waals surface area contributed by atoms with Gasteiger partial charge in [-0.15, -0.1) is 0 Å². The average Bonchev–Trinajstić information content (AvgIpc) is 2.71. The molecule has 1 aromatic carbocycles. The normalized spacial score (nSPS) is 15.2. The van der Waals surface area contributed by atoms with Gasteiger partial charge in [-0.25, -0.2) is 0 Å². The highest BCUT2D eigenvalue weighted by atomic mass is 79.9. The van der Waals surface area contributed by atoms with Crippen molar-refractivity contribution in [3.8, 4) is 0 Å². The lowest BCUT2D eigenvalue weighted by Crippen LogP contribution is -2.41. The van der Waals surface area contributed by atoms with Crippen LogP contribution in [0.4, 0.5) is 25.1 Å². The Morgan fingerprint density at radius 3 is 2.57 bits per heavy atom. The lowest BCUT2D eigenvalue weighted by Gasteiger charge is -2.31. The zero-order chi connectivity index (χ0) is 21.9. The molecule has 0 radical (unpaired) electrons. The van der Waals surface area contributed by atoms with Gasteiger partial charge in [0.25, 0.3) is 0 Å². The maximum absolute atomic E-state index is 13.2. The van der Waals surface area contributed by atoms with Gasteiger partial charge in [0.05, 0.1) is 5.56 Å². The van der Waals surface area contributed by atoms with Gasteiger partial charge in [0.1, 0.15) is 5.82 Å². The van der Waals surface area contributed by atoms with Crippen LogP contribution in [0.5, 0.6) is 0 Å². The highest BCUT2D eigenvalue weighted by Gasteiger charge is 2.34. The fourth-order valence-corrected chi connectivity index (χ4v) is 3.72. The number of carbonyl (C=O) groups is 1. The lowest BCUT2D eigenvalue weighted by molar-refractivity contribution is -0.138. The monoisotopic (exact) mass is 486 g/mol. The zero-order valence-corrected chi connectivity index (χ0v) is 18.1. The summed E-state index contributed by atoms with van der Waals surface area (Å²) in [6.45, 7) is 2.77. The quantitative estimate of drug-likeness (QED) is 0.672. The van der Waals surface area contributed by atoms with Crippen molar-refractivity contribution in [2.45, 2.75) is 32.5 Å². The van der Waals surface area contributed by atoms with E-state index in [-0.39, 0.29) is 23.9 Å². The molecule has 1 aromatic heterocycles. The van der Waals surface area contributed by atoms with Crippen molar-refractivity contribution in [1.29, 1.82) is 0 Å². The minimum Gasteiger partial charge on any atom is -0.357 e. The molecule has 0 saturated carbocycles. The Hall–Kier alpha value is -2.43. The molecule has 0 aliphatic carbocycles. The highest BCUT2D eigenvalue weighted by Crippen LogP contribution is 2.34. The van der Waals surface area contributed by atoms with Crippen molar-refractivity contribution in [2.75, 3.05) is 30.4 Å². The number of nitrogens with zero attached hydrogens (tertiary/aromatic N) is 4. The number of piperidine rings is 1. The fraction of sp³-hybridized carbons (Fsp3) is 0.474. The van der Waals surface area contributed by atoms with Crippen LogP contribution in [0.15, 0.2) is 22.7 Å². The summed E-state index contributed by atoms with van der Waals surface area (Å²) < 4.78 is 40.0. The van der Waals surface area contributed by atoms with Gasteiger partial charge in [-0.05, 0) is 37.5 Å². The predicted octanol–water partition coefficient (Wildman–Crippen LogP) is 3.54. The molecule has 0 bridgehead atoms. The lowest BCUT2D eigenvalue weighted by atomic mass is 9.96. The minimum absolute atomic E-state index is 0.0386. The third kappa shape index (κ3) is 5.38. The first-order valence-corrected chi connectivity index (χ1v) is 10.3. The molecular formula is C19H22BrF3N6O. The average molecular weight is 487 g/mol. The Labute approximate surface area is 180 Å². The molecule has 1 saturated heterocycles. The first kappa shape index (κ1) is 22.3. The summed E-state index contributed by atoms with van der Waals surface area (Å²) in [5, 5.41) is 5.55. The fourth-order valence-electron chi connectivity index (χ4n) is 3.36. The SMILES string of the molecule is CNc1nc(C)nc(N2CCC(C(=O)NCc3ccc(Br)cc3C(F)(F)F)CC2)n1. The molecule has 0 atom stereocenters. The maximum Gasteiger partial charge on any atom is 0.416 e. The maximum atomic E-state index is 13.2. The number of carbonyl (C=O) groups excluding carboxylic acids is 1. The predicted molar refractivity (Wildman–Crippen MR) is 110 cm³/mol. The molecule has 1 amide bonds. The van der Waals surface area contributed by atoms with Crippen LogP contribution in [0.25, 0.3) is 0 Å². The molecule has 30 heavy (non-hydrogen) atoms. The van der Waals surface area contributed by atoms with Crippen LogP contribution in [-0.2, 0) is 17.5 Å². The van der Waals surface area contributed by atoms with E-state index in [0.717, 1.165) is 6.07 Å². The van der Waals surface area contributed by atoms with Crippen LogP contribution >= 0.6 is 15.9 Å². The second kappa shape index (κ2) is 9.15. The van der Waals surface area contributed by atoms with E-state index in [9.17, 15) is 18.0 Å². The molecule has 0 spiro atoms. The number of rotatable bonds is 5. The van der Waals surface area contributed by atoms with Crippen LogP contribution in [0.2, 0.25) is 0 Å². The zero-order valence-electron chi connectivity index (χ0n) is 16.6. The minimum atomic E-state index is -4.48. The number of alkyl halides is 3. The van der Waals surface area contributed by atoms with Gasteiger partial charge in [-0.1, -0.05) is 22.0 Å². The van der Waals surface area contributed by atoms with Crippen molar-refractivity contribution >= 4 is 33.7 Å². The summed E-state index contributed by atoms with van der Waals surface area (Å²) in [5.41, 5.74) is -0.714. The van der Waals surface area contributed by atoms with Crippen LogP contribution in [0.3, 0.4) is 0 Å². The molecule has 3 rings (SSSR count). The van der Waals surface area contributed by atoms with Gasteiger partial charge in [0.2, 0.25) is 17.8 Å². The number of aromatic nitrogens is 3. The summed E-state index contributed by atoms with van der Waals surface area (Å²) in [4.78, 5) is 27.4. The molecule has 7 nitrogen and oxygen atoms in total. The van der Waals surface area contributed by atoms with Crippen molar-refractivity contribution in [2.24, 2.45) is 5.92 Å². The molecule has 162 valence electrons. The molecule has 2 heterocycles. The van der Waals surface area contributed by atoms with Crippen LogP contribution in [0.1, 0.15) is 29.8 Å². The van der Waals surface area contributed by atoms with E-state index in [1.807, 2.05) is 4.90 Å². The van der Waals surface area contributed by atoms with Crippen LogP contribution in [0, 0.1) is 12.8 Å². The summed E-state index contributed by atoms with van der Waals surface area (Å²) in [7, 11) is 1.73. The second-order valence-corrected chi connectivity index (χ2v) is 7.95. The van der Waals surface area contributed by atoms with Crippen molar-refractivity contribution in [3.63, 3.8) is 0 Å². The highest BCUT2D eigenvalue weighted by molar-refractivity contribution is 9.10. The molecular weight excluding hydrogens is 465 g/mol. The van der Waals surface area contributed by atoms with Crippen molar-refractivity contribution in [1.82, 2.24) is 20.3 Å². The van der Waals surface area contributed by atoms with E-state index in [2.05, 4.69) is 41.5 Å². The van der Waals surface area contributed by atoms with Crippen molar-refractivity contribution < 1.29 is 18.0 Å². The molecule has 1 aliphatic heterocycles. The third-order valence-electron chi connectivity index (χ3n) is 4.94. The van der Waals surface area contributed by atoms with E-state index >= 15 is 0 Å². The van der Waals surface area contributed by atoms with Crippen molar-refractivity contribution in [3.05, 3.63) is 39.6 Å². The molecule has 1 fully saturated rings. The third-order valence-corrected chi connectivity index (χ3v) is 5.43. The first-order valence-electron chi connectivity index (χ1n) is 9.46. The number of amides is 1. The Kier molecular flexibility index (Phi) is 6.79. The Bertz CT molecular complexity index is 916. The summed E-state index contributed by atoms with van der Waals surface area (Å²) in [5.74, 6) is 1.12. The number of anilines is 2. The number of benzene rings is 1. The number of aryl methyl sites for hydroxylation is 1. The number of nitrogens with one attached hydrogen (secondary N) is 2. The Balaban J connectivity index is 1.58. The van der Waals surface area contributed by atoms with Gasteiger partial charge in [-0.3, -0.25) is 4.79 Å².